The van der Waals surface area contributed by atoms with Crippen molar-refractivity contribution in [3.63, 3.8) is 0 Å². The molecule has 2 aromatic heterocycles. The number of aryl methyl sites for hydroxylation is 1. The van der Waals surface area contributed by atoms with Crippen molar-refractivity contribution >= 4 is 21.9 Å². The van der Waals surface area contributed by atoms with Gasteiger partial charge in [-0.15, -0.1) is 0 Å². The molecule has 0 aliphatic carbocycles. The third-order valence-corrected chi connectivity index (χ3v) is 6.79. The highest BCUT2D eigenvalue weighted by molar-refractivity contribution is 6.06. The first-order chi connectivity index (χ1) is 18.7. The van der Waals surface area contributed by atoms with E-state index in [1.54, 1.807) is 0 Å². The Hall–Kier alpha value is -5.09. The average Bonchev–Trinajstić information content (AvgIpc) is 3.35. The second kappa shape index (κ2) is 9.09. The van der Waals surface area contributed by atoms with Crippen LogP contribution in [0.5, 0.6) is 0 Å². The quantitative estimate of drug-likeness (QED) is 0.248. The average molecular weight is 490 g/mol. The maximum Gasteiger partial charge on any atom is 0.163 e. The fourth-order valence-corrected chi connectivity index (χ4v) is 4.96. The van der Waals surface area contributed by atoms with Gasteiger partial charge in [-0.1, -0.05) is 78.9 Å². The lowest BCUT2D eigenvalue weighted by atomic mass is 9.96. The van der Waals surface area contributed by atoms with Gasteiger partial charge in [0.05, 0.1) is 0 Å². The van der Waals surface area contributed by atoms with Gasteiger partial charge in [-0.05, 0) is 71.6 Å². The van der Waals surface area contributed by atoms with E-state index in [2.05, 4.69) is 78.9 Å². The van der Waals surface area contributed by atoms with Crippen LogP contribution < -0.4 is 0 Å². The van der Waals surface area contributed by atoms with E-state index in [-0.39, 0.29) is 0 Å². The van der Waals surface area contributed by atoms with Gasteiger partial charge < -0.3 is 4.42 Å². The molecule has 0 amide bonds. The van der Waals surface area contributed by atoms with Gasteiger partial charge in [-0.3, -0.25) is 0 Å². The van der Waals surface area contributed by atoms with E-state index in [1.165, 1.54) is 0 Å². The molecule has 7 rings (SSSR count). The molecule has 0 atom stereocenters. The van der Waals surface area contributed by atoms with Gasteiger partial charge in [0.2, 0.25) is 0 Å². The van der Waals surface area contributed by atoms with E-state index in [4.69, 9.17) is 19.4 Å². The van der Waals surface area contributed by atoms with Crippen molar-refractivity contribution in [2.75, 3.05) is 0 Å². The Morgan fingerprint density at radius 2 is 0.974 bits per heavy atom. The highest BCUT2D eigenvalue weighted by Gasteiger charge is 2.14. The number of aromatic nitrogens is 3. The molecule has 7 aromatic rings. The summed E-state index contributed by atoms with van der Waals surface area (Å²) in [5, 5.41) is 2.13. The minimum Gasteiger partial charge on any atom is -0.456 e. The van der Waals surface area contributed by atoms with E-state index in [1.807, 2.05) is 49.4 Å². The van der Waals surface area contributed by atoms with Crippen molar-refractivity contribution in [1.82, 2.24) is 15.0 Å². The molecule has 5 aromatic carbocycles. The number of rotatable bonds is 4. The number of hydrogen-bond acceptors (Lipinski definition) is 4. The Morgan fingerprint density at radius 3 is 1.66 bits per heavy atom. The lowest BCUT2D eigenvalue weighted by molar-refractivity contribution is 0.669. The summed E-state index contributed by atoms with van der Waals surface area (Å²) >= 11 is 0. The maximum atomic E-state index is 6.02. The molecule has 0 unspecified atom stereocenters. The zero-order valence-corrected chi connectivity index (χ0v) is 20.8. The predicted molar refractivity (Wildman–Crippen MR) is 154 cm³/mol. The summed E-state index contributed by atoms with van der Waals surface area (Å²) in [6.45, 7) is 1.92. The van der Waals surface area contributed by atoms with Gasteiger partial charge >= 0.3 is 0 Å². The molecule has 4 heteroatoms. The van der Waals surface area contributed by atoms with Crippen LogP contribution in [0.15, 0.2) is 126 Å². The molecule has 180 valence electrons. The third-order valence-electron chi connectivity index (χ3n) is 6.79. The molecular weight excluding hydrogens is 466 g/mol. The molecule has 38 heavy (non-hydrogen) atoms. The van der Waals surface area contributed by atoms with Gasteiger partial charge in [0.25, 0.3) is 0 Å². The molecule has 4 nitrogen and oxygen atoms in total. The van der Waals surface area contributed by atoms with Crippen molar-refractivity contribution < 1.29 is 4.42 Å². The number of hydrogen-bond donors (Lipinski definition) is 0. The summed E-state index contributed by atoms with van der Waals surface area (Å²) in [5.41, 5.74) is 8.14. The fourth-order valence-electron chi connectivity index (χ4n) is 4.96. The summed E-state index contributed by atoms with van der Waals surface area (Å²) in [5.74, 6) is 1.97. The van der Waals surface area contributed by atoms with Crippen LogP contribution in [0.3, 0.4) is 0 Å². The molecule has 0 bridgehead atoms. The van der Waals surface area contributed by atoms with E-state index in [9.17, 15) is 0 Å². The van der Waals surface area contributed by atoms with Crippen LogP contribution in [-0.2, 0) is 0 Å². The van der Waals surface area contributed by atoms with Crippen LogP contribution in [0.4, 0.5) is 0 Å². The Labute approximate surface area is 220 Å². The third kappa shape index (κ3) is 4.02. The minimum absolute atomic E-state index is 0.644. The zero-order valence-electron chi connectivity index (χ0n) is 20.8. The molecule has 0 fully saturated rings. The van der Waals surface area contributed by atoms with E-state index >= 15 is 0 Å². The second-order valence-electron chi connectivity index (χ2n) is 9.37. The Balaban J connectivity index is 1.39. The number of furan rings is 1. The predicted octanol–water partition coefficient (Wildman–Crippen LogP) is 8.75. The van der Waals surface area contributed by atoms with Crippen molar-refractivity contribution in [3.05, 3.63) is 127 Å². The van der Waals surface area contributed by atoms with Gasteiger partial charge in [0.1, 0.15) is 17.0 Å². The van der Waals surface area contributed by atoms with Crippen molar-refractivity contribution in [2.24, 2.45) is 0 Å². The Morgan fingerprint density at radius 1 is 0.421 bits per heavy atom. The SMILES string of the molecule is Cc1nc(-c2cc(-c3ccccc3)cc(-c3ccccc3)c2)nc(-c2ccc3oc4ccccc4c3c2)n1. The largest absolute Gasteiger partial charge is 0.456 e. The first-order valence-electron chi connectivity index (χ1n) is 12.6. The summed E-state index contributed by atoms with van der Waals surface area (Å²) in [4.78, 5) is 14.4. The van der Waals surface area contributed by atoms with Gasteiger partial charge in [0.15, 0.2) is 11.6 Å². The van der Waals surface area contributed by atoms with Crippen LogP contribution in [0.2, 0.25) is 0 Å². The van der Waals surface area contributed by atoms with Crippen LogP contribution in [0, 0.1) is 6.92 Å². The number of para-hydroxylation sites is 1. The van der Waals surface area contributed by atoms with Gasteiger partial charge in [0, 0.05) is 21.9 Å². The second-order valence-corrected chi connectivity index (χ2v) is 9.37. The molecule has 0 saturated carbocycles. The van der Waals surface area contributed by atoms with Crippen molar-refractivity contribution in [3.8, 4) is 45.0 Å². The lowest BCUT2D eigenvalue weighted by Crippen LogP contribution is -2.00. The first kappa shape index (κ1) is 22.1. The lowest BCUT2D eigenvalue weighted by Gasteiger charge is -2.11. The van der Waals surface area contributed by atoms with Crippen LogP contribution in [-0.4, -0.2) is 15.0 Å². The van der Waals surface area contributed by atoms with Gasteiger partial charge in [-0.25, -0.2) is 15.0 Å². The van der Waals surface area contributed by atoms with E-state index in [0.717, 1.165) is 55.3 Å². The Bertz CT molecular complexity index is 1870. The molecule has 0 aliphatic rings. The highest BCUT2D eigenvalue weighted by atomic mass is 16.3. The summed E-state index contributed by atoms with van der Waals surface area (Å²) in [7, 11) is 0. The van der Waals surface area contributed by atoms with Gasteiger partial charge in [-0.2, -0.15) is 0 Å². The van der Waals surface area contributed by atoms with E-state index < -0.39 is 0 Å². The molecule has 0 radical (unpaired) electrons. The monoisotopic (exact) mass is 489 g/mol. The van der Waals surface area contributed by atoms with Crippen LogP contribution >= 0.6 is 0 Å². The first-order valence-corrected chi connectivity index (χ1v) is 12.6. The summed E-state index contributed by atoms with van der Waals surface area (Å²) in [6, 6.07) is 41.6. The van der Waals surface area contributed by atoms with Crippen LogP contribution in [0.1, 0.15) is 5.82 Å². The molecule has 2 heterocycles. The molecule has 0 aliphatic heterocycles. The normalized spacial score (nSPS) is 11.3. The zero-order chi connectivity index (χ0) is 25.5. The number of fused-ring (bicyclic) bond motifs is 3. The van der Waals surface area contributed by atoms with Crippen molar-refractivity contribution in [2.45, 2.75) is 6.92 Å². The molecule has 0 saturated heterocycles. The van der Waals surface area contributed by atoms with Crippen molar-refractivity contribution in [1.29, 1.82) is 0 Å². The topological polar surface area (TPSA) is 51.8 Å². The smallest absolute Gasteiger partial charge is 0.163 e. The molecule has 0 N–H and O–H groups in total. The maximum absolute atomic E-state index is 6.02. The Kier molecular flexibility index (Phi) is 5.30. The standard InChI is InChI=1S/C34H23N3O/c1-22-35-33(25-16-17-32-30(21-25)29-14-8-9-15-31(29)38-32)37-34(36-22)28-19-26(23-10-4-2-5-11-23)18-27(20-28)24-12-6-3-7-13-24/h2-21H,1H3. The molecular formula is C34H23N3O. The van der Waals surface area contributed by atoms with Crippen LogP contribution in [0.25, 0.3) is 67.0 Å². The number of benzene rings is 5. The fraction of sp³-hybridized carbons (Fsp3) is 0.0294. The highest BCUT2D eigenvalue weighted by Crippen LogP contribution is 2.34. The summed E-state index contributed by atoms with van der Waals surface area (Å²) < 4.78 is 6.02. The van der Waals surface area contributed by atoms with E-state index in [0.29, 0.717) is 17.5 Å². The molecule has 0 spiro atoms. The summed E-state index contributed by atoms with van der Waals surface area (Å²) in [6.07, 6.45) is 0. The minimum atomic E-state index is 0.644. The number of nitrogens with zero attached hydrogens (tertiary/aromatic N) is 3.